The minimum absolute atomic E-state index is 0.306. The molecule has 26 heavy (non-hydrogen) atoms. The fourth-order valence-corrected chi connectivity index (χ4v) is 3.04. The summed E-state index contributed by atoms with van der Waals surface area (Å²) in [7, 11) is 0. The molecule has 0 bridgehead atoms. The number of carbonyl (C=O) groups is 1. The molecule has 0 aliphatic carbocycles. The minimum Gasteiger partial charge on any atom is -0.462 e. The lowest BCUT2D eigenvalue weighted by Gasteiger charge is -2.34. The van der Waals surface area contributed by atoms with Crippen LogP contribution in [0.2, 0.25) is 0 Å². The molecule has 3 rings (SSSR count). The van der Waals surface area contributed by atoms with Crippen LogP contribution >= 0.6 is 0 Å². The van der Waals surface area contributed by atoms with Gasteiger partial charge in [0.15, 0.2) is 0 Å². The summed E-state index contributed by atoms with van der Waals surface area (Å²) in [6, 6.07) is 1.84. The van der Waals surface area contributed by atoms with Gasteiger partial charge in [-0.2, -0.15) is 5.10 Å². The molecule has 0 radical (unpaired) electrons. The molecule has 2 aromatic rings. The molecule has 2 aromatic heterocycles. The van der Waals surface area contributed by atoms with Gasteiger partial charge >= 0.3 is 5.97 Å². The van der Waals surface area contributed by atoms with E-state index < -0.39 is 0 Å². The number of piperazine rings is 1. The molecule has 1 aliphatic heterocycles. The molecule has 3 heterocycles. The summed E-state index contributed by atoms with van der Waals surface area (Å²) in [6.45, 7) is 8.08. The molecule has 0 N–H and O–H groups in total. The summed E-state index contributed by atoms with van der Waals surface area (Å²) in [4.78, 5) is 25.0. The summed E-state index contributed by atoms with van der Waals surface area (Å²) in [6.07, 6.45) is 9.05. The van der Waals surface area contributed by atoms with E-state index in [0.717, 1.165) is 58.1 Å². The number of nitrogens with zero attached hydrogens (tertiary/aromatic N) is 6. The highest BCUT2D eigenvalue weighted by Gasteiger charge is 2.18. The van der Waals surface area contributed by atoms with Crippen molar-refractivity contribution in [2.45, 2.75) is 26.3 Å². The van der Waals surface area contributed by atoms with Crippen LogP contribution in [0.1, 0.15) is 30.1 Å². The average molecular weight is 358 g/mol. The minimum atomic E-state index is -0.306. The third-order valence-corrected chi connectivity index (χ3v) is 4.46. The fourth-order valence-electron chi connectivity index (χ4n) is 3.04. The standard InChI is InChI=1S/C18H26N6O2/c1-2-26-17(25)16-14-21-24(15-16)9-4-3-8-22-10-12-23(13-11-22)18-19-6-5-7-20-18/h5-7,14-15H,2-4,8-13H2,1H3. The molecule has 8 nitrogen and oxygen atoms in total. The van der Waals surface area contributed by atoms with E-state index in [1.807, 2.05) is 10.7 Å². The first-order valence-electron chi connectivity index (χ1n) is 9.20. The first kappa shape index (κ1) is 18.3. The van der Waals surface area contributed by atoms with Crippen molar-refractivity contribution in [2.75, 3.05) is 44.2 Å². The van der Waals surface area contributed by atoms with E-state index in [9.17, 15) is 4.79 Å². The largest absolute Gasteiger partial charge is 0.462 e. The molecule has 140 valence electrons. The van der Waals surface area contributed by atoms with Crippen LogP contribution in [0.5, 0.6) is 0 Å². The maximum absolute atomic E-state index is 11.6. The van der Waals surface area contributed by atoms with Crippen LogP contribution in [0.3, 0.4) is 0 Å². The van der Waals surface area contributed by atoms with Gasteiger partial charge in [-0.3, -0.25) is 9.58 Å². The van der Waals surface area contributed by atoms with Gasteiger partial charge in [0.1, 0.15) is 0 Å². The molecular formula is C18H26N6O2. The Labute approximate surface area is 153 Å². The summed E-state index contributed by atoms with van der Waals surface area (Å²) >= 11 is 0. The van der Waals surface area contributed by atoms with E-state index in [1.54, 1.807) is 31.7 Å². The lowest BCUT2D eigenvalue weighted by Crippen LogP contribution is -2.47. The summed E-state index contributed by atoms with van der Waals surface area (Å²) in [5.74, 6) is 0.516. The predicted molar refractivity (Wildman–Crippen MR) is 98.1 cm³/mol. The van der Waals surface area contributed by atoms with Gasteiger partial charge in [-0.1, -0.05) is 0 Å². The van der Waals surface area contributed by atoms with Gasteiger partial charge < -0.3 is 9.64 Å². The Hall–Kier alpha value is -2.48. The number of unbranched alkanes of at least 4 members (excludes halogenated alkanes) is 1. The van der Waals surface area contributed by atoms with Crippen LogP contribution in [0.25, 0.3) is 0 Å². The van der Waals surface area contributed by atoms with Gasteiger partial charge in [0.2, 0.25) is 5.95 Å². The number of ether oxygens (including phenoxy) is 1. The number of aromatic nitrogens is 4. The topological polar surface area (TPSA) is 76.4 Å². The molecule has 0 atom stereocenters. The zero-order chi connectivity index (χ0) is 18.2. The van der Waals surface area contributed by atoms with E-state index in [2.05, 4.69) is 24.9 Å². The number of aryl methyl sites for hydroxylation is 1. The normalized spacial score (nSPS) is 15.2. The number of carbonyl (C=O) groups excluding carboxylic acids is 1. The lowest BCUT2D eigenvalue weighted by atomic mass is 10.2. The average Bonchev–Trinajstić information content (AvgIpc) is 3.16. The van der Waals surface area contributed by atoms with Crippen molar-refractivity contribution in [1.82, 2.24) is 24.6 Å². The Bertz CT molecular complexity index is 682. The van der Waals surface area contributed by atoms with Crippen LogP contribution in [0, 0.1) is 0 Å². The Morgan fingerprint density at radius 1 is 1.12 bits per heavy atom. The Morgan fingerprint density at radius 3 is 2.58 bits per heavy atom. The molecule has 0 aromatic carbocycles. The summed E-state index contributed by atoms with van der Waals surface area (Å²) in [5, 5.41) is 4.23. The van der Waals surface area contributed by atoms with Crippen LogP contribution in [0.4, 0.5) is 5.95 Å². The SMILES string of the molecule is CCOC(=O)c1cnn(CCCCN2CCN(c3ncccn3)CC2)c1. The van der Waals surface area contributed by atoms with Crippen molar-refractivity contribution in [3.63, 3.8) is 0 Å². The highest BCUT2D eigenvalue weighted by atomic mass is 16.5. The van der Waals surface area contributed by atoms with Crippen LogP contribution in [-0.4, -0.2) is 69.9 Å². The monoisotopic (exact) mass is 358 g/mol. The smallest absolute Gasteiger partial charge is 0.341 e. The Balaban J connectivity index is 1.33. The molecule has 0 amide bonds. The first-order valence-corrected chi connectivity index (χ1v) is 9.20. The number of hydrogen-bond acceptors (Lipinski definition) is 7. The van der Waals surface area contributed by atoms with Gasteiger partial charge in [0, 0.05) is 51.3 Å². The van der Waals surface area contributed by atoms with Gasteiger partial charge in [-0.05, 0) is 32.4 Å². The maximum atomic E-state index is 11.6. The van der Waals surface area contributed by atoms with Crippen molar-refractivity contribution in [1.29, 1.82) is 0 Å². The van der Waals surface area contributed by atoms with E-state index in [1.165, 1.54) is 0 Å². The Kier molecular flexibility index (Phi) is 6.54. The number of hydrogen-bond donors (Lipinski definition) is 0. The number of rotatable bonds is 8. The Morgan fingerprint density at radius 2 is 1.85 bits per heavy atom. The lowest BCUT2D eigenvalue weighted by molar-refractivity contribution is 0.0526. The first-order chi connectivity index (χ1) is 12.8. The fraction of sp³-hybridized carbons (Fsp3) is 0.556. The van der Waals surface area contributed by atoms with E-state index >= 15 is 0 Å². The number of esters is 1. The maximum Gasteiger partial charge on any atom is 0.341 e. The number of anilines is 1. The van der Waals surface area contributed by atoms with Crippen molar-refractivity contribution < 1.29 is 9.53 Å². The van der Waals surface area contributed by atoms with E-state index in [0.29, 0.717) is 12.2 Å². The summed E-state index contributed by atoms with van der Waals surface area (Å²) in [5.41, 5.74) is 0.520. The predicted octanol–water partition coefficient (Wildman–Crippen LogP) is 1.45. The molecule has 1 aliphatic rings. The molecule has 8 heteroatoms. The molecule has 0 spiro atoms. The highest BCUT2D eigenvalue weighted by Crippen LogP contribution is 2.10. The van der Waals surface area contributed by atoms with Crippen molar-refractivity contribution in [3.05, 3.63) is 36.4 Å². The third kappa shape index (κ3) is 5.01. The van der Waals surface area contributed by atoms with Crippen molar-refractivity contribution in [3.8, 4) is 0 Å². The molecule has 1 fully saturated rings. The van der Waals surface area contributed by atoms with E-state index in [4.69, 9.17) is 4.74 Å². The molecular weight excluding hydrogens is 332 g/mol. The van der Waals surface area contributed by atoms with Gasteiger partial charge in [0.05, 0.1) is 18.4 Å². The second kappa shape index (κ2) is 9.28. The van der Waals surface area contributed by atoms with E-state index in [-0.39, 0.29) is 5.97 Å². The third-order valence-electron chi connectivity index (χ3n) is 4.46. The van der Waals surface area contributed by atoms with Crippen molar-refractivity contribution in [2.24, 2.45) is 0 Å². The van der Waals surface area contributed by atoms with Crippen LogP contribution in [-0.2, 0) is 11.3 Å². The second-order valence-electron chi connectivity index (χ2n) is 6.30. The molecule has 0 saturated carbocycles. The summed E-state index contributed by atoms with van der Waals surface area (Å²) < 4.78 is 6.79. The zero-order valence-corrected chi connectivity index (χ0v) is 15.3. The van der Waals surface area contributed by atoms with Gasteiger partial charge in [-0.15, -0.1) is 0 Å². The van der Waals surface area contributed by atoms with Gasteiger partial charge in [0.25, 0.3) is 0 Å². The molecule has 1 saturated heterocycles. The second-order valence-corrected chi connectivity index (χ2v) is 6.30. The highest BCUT2D eigenvalue weighted by molar-refractivity contribution is 5.88. The van der Waals surface area contributed by atoms with Crippen LogP contribution in [0.15, 0.2) is 30.9 Å². The zero-order valence-electron chi connectivity index (χ0n) is 15.3. The van der Waals surface area contributed by atoms with Crippen LogP contribution < -0.4 is 4.90 Å². The quantitative estimate of drug-likeness (QED) is 0.522. The van der Waals surface area contributed by atoms with Gasteiger partial charge in [-0.25, -0.2) is 14.8 Å². The molecule has 0 unspecified atom stereocenters. The van der Waals surface area contributed by atoms with Crippen molar-refractivity contribution >= 4 is 11.9 Å².